The van der Waals surface area contributed by atoms with Crippen molar-refractivity contribution in [1.82, 2.24) is 14.8 Å². The van der Waals surface area contributed by atoms with Gasteiger partial charge in [-0.05, 0) is 66.6 Å². The minimum absolute atomic E-state index is 0.343. The van der Waals surface area contributed by atoms with Crippen LogP contribution in [0.5, 0.6) is 11.5 Å². The van der Waals surface area contributed by atoms with Gasteiger partial charge in [0.2, 0.25) is 6.54 Å². The molecule has 1 aromatic heterocycles. The largest absolute Gasteiger partial charge is 0.493 e. The van der Waals surface area contributed by atoms with Crippen LogP contribution in [0.25, 0.3) is 5.69 Å². The summed E-state index contributed by atoms with van der Waals surface area (Å²) in [5.41, 5.74) is 2.33. The van der Waals surface area contributed by atoms with Gasteiger partial charge in [0.1, 0.15) is 23.5 Å². The van der Waals surface area contributed by atoms with Crippen LogP contribution in [0.2, 0.25) is 0 Å². The molecular formula is C25H22BrFN4O4S. The molecule has 1 atom stereocenters. The molecule has 0 aliphatic carbocycles. The fraction of sp³-hybridized carbons (Fsp3) is 0.200. The number of rotatable bonds is 10. The Balaban J connectivity index is 1.59. The number of aryl methyl sites for hydroxylation is 1. The molecule has 36 heavy (non-hydrogen) atoms. The Labute approximate surface area is 219 Å². The van der Waals surface area contributed by atoms with E-state index in [0.29, 0.717) is 40.3 Å². The number of nitro groups is 1. The fourth-order valence-electron chi connectivity index (χ4n) is 3.53. The first-order valence-electron chi connectivity index (χ1n) is 10.9. The molecule has 0 saturated heterocycles. The van der Waals surface area contributed by atoms with Crippen molar-refractivity contribution in [2.45, 2.75) is 23.9 Å². The average molecular weight is 573 g/mol. The molecule has 4 aromatic rings. The lowest BCUT2D eigenvalue weighted by molar-refractivity contribution is -0.479. The van der Waals surface area contributed by atoms with Crippen molar-refractivity contribution < 1.29 is 18.8 Å². The zero-order valence-corrected chi connectivity index (χ0v) is 21.8. The lowest BCUT2D eigenvalue weighted by Crippen LogP contribution is -2.11. The molecule has 0 bridgehead atoms. The fourth-order valence-corrected chi connectivity index (χ4v) is 4.95. The van der Waals surface area contributed by atoms with Crippen molar-refractivity contribution in [3.8, 4) is 17.2 Å². The second kappa shape index (κ2) is 11.5. The number of aromatic nitrogens is 3. The Hall–Kier alpha value is -3.44. The summed E-state index contributed by atoms with van der Waals surface area (Å²) in [7, 11) is 1.52. The lowest BCUT2D eigenvalue weighted by atomic mass is 10.1. The maximum atomic E-state index is 13.4. The Bertz CT molecular complexity index is 1350. The maximum Gasteiger partial charge on any atom is 0.220 e. The first-order chi connectivity index (χ1) is 17.3. The first kappa shape index (κ1) is 25.6. The van der Waals surface area contributed by atoms with Crippen molar-refractivity contribution in [2.75, 3.05) is 13.7 Å². The monoisotopic (exact) mass is 572 g/mol. The molecular weight excluding hydrogens is 551 g/mol. The van der Waals surface area contributed by atoms with Crippen molar-refractivity contribution in [2.24, 2.45) is 0 Å². The van der Waals surface area contributed by atoms with Crippen LogP contribution in [0.4, 0.5) is 4.39 Å². The summed E-state index contributed by atoms with van der Waals surface area (Å²) < 4.78 is 27.6. The third-order valence-corrected chi connectivity index (χ3v) is 7.02. The van der Waals surface area contributed by atoms with Gasteiger partial charge in [0, 0.05) is 15.1 Å². The summed E-state index contributed by atoms with van der Waals surface area (Å²) >= 11 is 4.62. The van der Waals surface area contributed by atoms with Gasteiger partial charge in [0.25, 0.3) is 0 Å². The average Bonchev–Trinajstić information content (AvgIpc) is 3.23. The van der Waals surface area contributed by atoms with Gasteiger partial charge in [-0.25, -0.2) is 4.39 Å². The standard InChI is InChI=1S/C25H22BrFN4O4S/c1-16-28-29-25(31(16)21-10-8-20(27)9-11-21)36-24(14-30(32)33)18-5-12-22(23(13-18)34-2)35-15-17-3-6-19(26)7-4-17/h3-13,24H,14-15H2,1-2H3/t24-/m1/s1. The van der Waals surface area contributed by atoms with Crippen LogP contribution < -0.4 is 9.47 Å². The van der Waals surface area contributed by atoms with E-state index in [2.05, 4.69) is 26.1 Å². The van der Waals surface area contributed by atoms with E-state index in [0.717, 1.165) is 10.0 Å². The summed E-state index contributed by atoms with van der Waals surface area (Å²) in [5, 5.41) is 19.7. The quantitative estimate of drug-likeness (QED) is 0.127. The molecule has 0 amide bonds. The highest BCUT2D eigenvalue weighted by molar-refractivity contribution is 9.10. The van der Waals surface area contributed by atoms with Crippen molar-refractivity contribution in [3.05, 3.63) is 104 Å². The molecule has 0 fully saturated rings. The molecule has 0 spiro atoms. The van der Waals surface area contributed by atoms with E-state index >= 15 is 0 Å². The van der Waals surface area contributed by atoms with Crippen LogP contribution in [0.15, 0.2) is 76.4 Å². The van der Waals surface area contributed by atoms with Gasteiger partial charge < -0.3 is 9.47 Å². The van der Waals surface area contributed by atoms with Crippen molar-refractivity contribution in [3.63, 3.8) is 0 Å². The minimum Gasteiger partial charge on any atom is -0.493 e. The number of halogens is 2. The molecule has 3 aromatic carbocycles. The molecule has 0 unspecified atom stereocenters. The van der Waals surface area contributed by atoms with Gasteiger partial charge in [-0.2, -0.15) is 0 Å². The molecule has 1 heterocycles. The summed E-state index contributed by atoms with van der Waals surface area (Å²) in [6, 6.07) is 19.0. The van der Waals surface area contributed by atoms with Gasteiger partial charge in [0.05, 0.1) is 7.11 Å². The van der Waals surface area contributed by atoms with E-state index in [9.17, 15) is 14.5 Å². The zero-order valence-electron chi connectivity index (χ0n) is 19.4. The second-order valence-corrected chi connectivity index (χ2v) is 9.87. The highest BCUT2D eigenvalue weighted by Gasteiger charge is 2.25. The Morgan fingerprint density at radius 3 is 2.47 bits per heavy atom. The molecule has 186 valence electrons. The molecule has 4 rings (SSSR count). The van der Waals surface area contributed by atoms with E-state index in [-0.39, 0.29) is 17.3 Å². The molecule has 0 radical (unpaired) electrons. The van der Waals surface area contributed by atoms with E-state index in [1.165, 1.54) is 31.0 Å². The van der Waals surface area contributed by atoms with Gasteiger partial charge in [-0.1, -0.05) is 45.9 Å². The maximum absolute atomic E-state index is 13.4. The lowest BCUT2D eigenvalue weighted by Gasteiger charge is -2.17. The number of thioether (sulfide) groups is 1. The molecule has 0 saturated carbocycles. The SMILES string of the molecule is COc1cc([C@@H](C[N+](=O)[O-])Sc2nnc(C)n2-c2ccc(F)cc2)ccc1OCc1ccc(Br)cc1. The van der Waals surface area contributed by atoms with Gasteiger partial charge in [0.15, 0.2) is 16.7 Å². The Morgan fingerprint density at radius 2 is 1.81 bits per heavy atom. The molecule has 0 aliphatic heterocycles. The normalized spacial score (nSPS) is 11.8. The number of hydrogen-bond acceptors (Lipinski definition) is 7. The zero-order chi connectivity index (χ0) is 25.7. The highest BCUT2D eigenvalue weighted by atomic mass is 79.9. The number of hydrogen-bond donors (Lipinski definition) is 0. The Kier molecular flexibility index (Phi) is 8.21. The third kappa shape index (κ3) is 6.21. The first-order valence-corrected chi connectivity index (χ1v) is 12.5. The summed E-state index contributed by atoms with van der Waals surface area (Å²) in [6.45, 7) is 1.77. The van der Waals surface area contributed by atoms with Crippen LogP contribution >= 0.6 is 27.7 Å². The summed E-state index contributed by atoms with van der Waals surface area (Å²) in [5.74, 6) is 1.21. The van der Waals surface area contributed by atoms with E-state index in [4.69, 9.17) is 9.47 Å². The number of methoxy groups -OCH3 is 1. The van der Waals surface area contributed by atoms with Crippen LogP contribution in [0, 0.1) is 22.9 Å². The van der Waals surface area contributed by atoms with Crippen LogP contribution in [0.3, 0.4) is 0 Å². The predicted molar refractivity (Wildman–Crippen MR) is 138 cm³/mol. The minimum atomic E-state index is -0.586. The van der Waals surface area contributed by atoms with Crippen molar-refractivity contribution in [1.29, 1.82) is 0 Å². The Morgan fingerprint density at radius 1 is 1.08 bits per heavy atom. The summed E-state index contributed by atoms with van der Waals surface area (Å²) in [6.07, 6.45) is 0. The van der Waals surface area contributed by atoms with Crippen LogP contribution in [-0.4, -0.2) is 33.3 Å². The third-order valence-electron chi connectivity index (χ3n) is 5.31. The number of benzene rings is 3. The van der Waals surface area contributed by atoms with E-state index in [1.807, 2.05) is 24.3 Å². The van der Waals surface area contributed by atoms with Gasteiger partial charge in [-0.3, -0.25) is 14.7 Å². The topological polar surface area (TPSA) is 92.3 Å². The molecule has 0 aliphatic rings. The predicted octanol–water partition coefficient (Wildman–Crippen LogP) is 6.18. The van der Waals surface area contributed by atoms with Crippen molar-refractivity contribution >= 4 is 27.7 Å². The van der Waals surface area contributed by atoms with Crippen LogP contribution in [-0.2, 0) is 6.61 Å². The number of nitrogens with zero attached hydrogens (tertiary/aromatic N) is 4. The van der Waals surface area contributed by atoms with Crippen LogP contribution in [0.1, 0.15) is 22.2 Å². The number of ether oxygens (including phenoxy) is 2. The van der Waals surface area contributed by atoms with E-state index < -0.39 is 5.25 Å². The molecule has 0 N–H and O–H groups in total. The molecule has 8 nitrogen and oxygen atoms in total. The van der Waals surface area contributed by atoms with Gasteiger partial charge >= 0.3 is 0 Å². The summed E-state index contributed by atoms with van der Waals surface area (Å²) in [4.78, 5) is 11.2. The smallest absolute Gasteiger partial charge is 0.220 e. The molecule has 11 heteroatoms. The highest BCUT2D eigenvalue weighted by Crippen LogP contribution is 2.39. The van der Waals surface area contributed by atoms with E-state index in [1.54, 1.807) is 41.8 Å². The van der Waals surface area contributed by atoms with Gasteiger partial charge in [-0.15, -0.1) is 10.2 Å². The second-order valence-electron chi connectivity index (χ2n) is 7.79.